The Hall–Kier alpha value is -3.47. The molecular weight excluding hydrogens is 422 g/mol. The molecule has 0 aliphatic heterocycles. The van der Waals surface area contributed by atoms with Gasteiger partial charge in [0.2, 0.25) is 0 Å². The van der Waals surface area contributed by atoms with Gasteiger partial charge in [0.25, 0.3) is 11.8 Å². The van der Waals surface area contributed by atoms with E-state index in [1.54, 1.807) is 18.5 Å². The van der Waals surface area contributed by atoms with Crippen molar-refractivity contribution in [2.75, 3.05) is 0 Å². The zero-order chi connectivity index (χ0) is 22.8. The molecule has 0 saturated heterocycles. The van der Waals surface area contributed by atoms with E-state index in [-0.39, 0.29) is 23.9 Å². The molecule has 6 atom stereocenters. The van der Waals surface area contributed by atoms with Gasteiger partial charge in [0.1, 0.15) is 0 Å². The Morgan fingerprint density at radius 3 is 1.68 bits per heavy atom. The first kappa shape index (κ1) is 20.0. The van der Waals surface area contributed by atoms with Crippen LogP contribution in [0.25, 0.3) is 0 Å². The van der Waals surface area contributed by atoms with Gasteiger partial charge < -0.3 is 10.6 Å². The average molecular weight is 450 g/mol. The van der Waals surface area contributed by atoms with Crippen LogP contribution in [0, 0.1) is 11.8 Å². The van der Waals surface area contributed by atoms with Gasteiger partial charge in [0.15, 0.2) is 0 Å². The van der Waals surface area contributed by atoms with E-state index < -0.39 is 0 Å². The van der Waals surface area contributed by atoms with E-state index in [1.807, 2.05) is 0 Å². The number of hydrogen-bond acceptors (Lipinski definition) is 3. The zero-order valence-corrected chi connectivity index (χ0v) is 18.9. The van der Waals surface area contributed by atoms with Crippen LogP contribution in [0.5, 0.6) is 0 Å². The number of fused-ring (bicyclic) bond motifs is 6. The highest BCUT2D eigenvalue weighted by atomic mass is 16.2. The standard InChI is InChI=1S/C29H27N3O2/c33-28(31-26-22-11-9-16-5-1-3-7-20(16)24(22)26)18-13-19(15-30-14-18)29(34)32-27-23-12-10-17-6-2-4-8-21(17)25(23)27/h1-8,13-15,22-27H,9-12H2,(H,31,33)(H,32,34). The molecule has 4 aliphatic carbocycles. The highest BCUT2D eigenvalue weighted by molar-refractivity contribution is 5.99. The molecule has 0 radical (unpaired) electrons. The predicted molar refractivity (Wildman–Crippen MR) is 129 cm³/mol. The Balaban J connectivity index is 1.03. The van der Waals surface area contributed by atoms with Crippen LogP contribution in [0.1, 0.15) is 67.6 Å². The Morgan fingerprint density at radius 1 is 0.706 bits per heavy atom. The van der Waals surface area contributed by atoms with E-state index in [0.717, 1.165) is 25.7 Å². The number of carbonyl (C=O) groups excluding carboxylic acids is 2. The molecule has 1 heterocycles. The van der Waals surface area contributed by atoms with Crippen molar-refractivity contribution in [3.63, 3.8) is 0 Å². The predicted octanol–water partition coefficient (Wildman–Crippen LogP) is 4.00. The quantitative estimate of drug-likeness (QED) is 0.633. The normalized spacial score (nSPS) is 29.5. The molecule has 0 bridgehead atoms. The van der Waals surface area contributed by atoms with Crippen LogP contribution >= 0.6 is 0 Å². The number of nitrogens with zero attached hydrogens (tertiary/aromatic N) is 1. The third-order valence-electron chi connectivity index (χ3n) is 8.52. The molecule has 2 aromatic carbocycles. The monoisotopic (exact) mass is 449 g/mol. The Morgan fingerprint density at radius 2 is 1.18 bits per heavy atom. The SMILES string of the molecule is O=C(NC1C2CCc3ccccc3C21)c1cncc(C(=O)NC2C3CCc4ccccc4C32)c1. The number of benzene rings is 2. The molecule has 5 heteroatoms. The van der Waals surface area contributed by atoms with Crippen molar-refractivity contribution in [1.82, 2.24) is 15.6 Å². The summed E-state index contributed by atoms with van der Waals surface area (Å²) in [7, 11) is 0. The van der Waals surface area contributed by atoms with Crippen molar-refractivity contribution in [2.45, 2.75) is 49.6 Å². The first-order chi connectivity index (χ1) is 16.7. The fourth-order valence-corrected chi connectivity index (χ4v) is 6.68. The van der Waals surface area contributed by atoms with Crippen molar-refractivity contribution in [3.8, 4) is 0 Å². The highest BCUT2D eigenvalue weighted by Gasteiger charge is 2.54. The van der Waals surface area contributed by atoms with Crippen molar-refractivity contribution in [3.05, 3.63) is 100 Å². The fraction of sp³-hybridized carbons (Fsp3) is 0.345. The van der Waals surface area contributed by atoms with Gasteiger partial charge >= 0.3 is 0 Å². The summed E-state index contributed by atoms with van der Waals surface area (Å²) in [5.41, 5.74) is 6.46. The molecule has 2 saturated carbocycles. The third kappa shape index (κ3) is 3.17. The molecule has 34 heavy (non-hydrogen) atoms. The van der Waals surface area contributed by atoms with Crippen LogP contribution < -0.4 is 10.6 Å². The minimum Gasteiger partial charge on any atom is -0.348 e. The maximum atomic E-state index is 13.0. The first-order valence-corrected chi connectivity index (χ1v) is 12.4. The van der Waals surface area contributed by atoms with E-state index in [4.69, 9.17) is 0 Å². The van der Waals surface area contributed by atoms with E-state index in [0.29, 0.717) is 34.8 Å². The Kier molecular flexibility index (Phi) is 4.41. The molecule has 4 aliphatic rings. The average Bonchev–Trinajstić information content (AvgIpc) is 3.79. The first-order valence-electron chi connectivity index (χ1n) is 12.4. The van der Waals surface area contributed by atoms with Gasteiger partial charge in [0, 0.05) is 36.3 Å². The van der Waals surface area contributed by atoms with E-state index in [2.05, 4.69) is 64.1 Å². The number of aryl methyl sites for hydroxylation is 2. The summed E-state index contributed by atoms with van der Waals surface area (Å²) in [6.07, 6.45) is 7.49. The summed E-state index contributed by atoms with van der Waals surface area (Å²) in [5.74, 6) is 1.56. The molecule has 3 aromatic rings. The molecular formula is C29H27N3O2. The van der Waals surface area contributed by atoms with Gasteiger partial charge in [0.05, 0.1) is 11.1 Å². The summed E-state index contributed by atoms with van der Waals surface area (Å²) in [4.78, 5) is 30.3. The lowest BCUT2D eigenvalue weighted by Crippen LogP contribution is -2.30. The highest BCUT2D eigenvalue weighted by Crippen LogP contribution is 2.55. The summed E-state index contributed by atoms with van der Waals surface area (Å²) in [6, 6.07) is 19.1. The van der Waals surface area contributed by atoms with Gasteiger partial charge in [-0.15, -0.1) is 0 Å². The number of hydrogen-bond donors (Lipinski definition) is 2. The molecule has 6 unspecified atom stereocenters. The van der Waals surface area contributed by atoms with E-state index in [9.17, 15) is 9.59 Å². The zero-order valence-electron chi connectivity index (χ0n) is 18.9. The smallest absolute Gasteiger partial charge is 0.253 e. The Labute approximate surface area is 199 Å². The Bertz CT molecular complexity index is 1220. The molecule has 7 rings (SSSR count). The largest absolute Gasteiger partial charge is 0.348 e. The number of carbonyl (C=O) groups is 2. The second kappa shape index (κ2) is 7.52. The second-order valence-electron chi connectivity index (χ2n) is 10.3. The van der Waals surface area contributed by atoms with Gasteiger partial charge in [-0.2, -0.15) is 0 Å². The molecule has 2 amide bonds. The maximum absolute atomic E-state index is 13.0. The number of nitrogens with one attached hydrogen (secondary N) is 2. The second-order valence-corrected chi connectivity index (χ2v) is 10.3. The summed E-state index contributed by atoms with van der Waals surface area (Å²) in [6.45, 7) is 0. The van der Waals surface area contributed by atoms with Gasteiger partial charge in [-0.3, -0.25) is 14.6 Å². The molecule has 2 fully saturated rings. The summed E-state index contributed by atoms with van der Waals surface area (Å²) >= 11 is 0. The van der Waals surface area contributed by atoms with Crippen molar-refractivity contribution in [2.24, 2.45) is 11.8 Å². The molecule has 1 aromatic heterocycles. The van der Waals surface area contributed by atoms with Gasteiger partial charge in [-0.25, -0.2) is 0 Å². The fourth-order valence-electron chi connectivity index (χ4n) is 6.68. The van der Waals surface area contributed by atoms with Gasteiger partial charge in [-0.05, 0) is 65.8 Å². The summed E-state index contributed by atoms with van der Waals surface area (Å²) < 4.78 is 0. The molecule has 170 valence electrons. The number of amides is 2. The molecule has 0 spiro atoms. The minimum absolute atomic E-state index is 0.145. The van der Waals surface area contributed by atoms with Gasteiger partial charge in [-0.1, -0.05) is 48.5 Å². The maximum Gasteiger partial charge on any atom is 0.253 e. The number of aromatic nitrogens is 1. The van der Waals surface area contributed by atoms with Crippen LogP contribution in [-0.2, 0) is 12.8 Å². The van der Waals surface area contributed by atoms with Crippen LogP contribution in [-0.4, -0.2) is 28.9 Å². The van der Waals surface area contributed by atoms with Crippen LogP contribution in [0.3, 0.4) is 0 Å². The van der Waals surface area contributed by atoms with E-state index >= 15 is 0 Å². The lowest BCUT2D eigenvalue weighted by Gasteiger charge is -2.13. The van der Waals surface area contributed by atoms with Crippen molar-refractivity contribution >= 4 is 11.8 Å². The summed E-state index contributed by atoms with van der Waals surface area (Å²) in [5, 5.41) is 6.43. The van der Waals surface area contributed by atoms with E-state index in [1.165, 1.54) is 22.3 Å². The topological polar surface area (TPSA) is 71.1 Å². The minimum atomic E-state index is -0.145. The van der Waals surface area contributed by atoms with Crippen molar-refractivity contribution < 1.29 is 9.59 Å². The van der Waals surface area contributed by atoms with Crippen LogP contribution in [0.15, 0.2) is 67.0 Å². The third-order valence-corrected chi connectivity index (χ3v) is 8.52. The molecule has 2 N–H and O–H groups in total. The van der Waals surface area contributed by atoms with Crippen LogP contribution in [0.2, 0.25) is 0 Å². The lowest BCUT2D eigenvalue weighted by molar-refractivity contribution is 0.0947. The number of pyridine rings is 1. The van der Waals surface area contributed by atoms with Crippen LogP contribution in [0.4, 0.5) is 0 Å². The number of rotatable bonds is 4. The molecule has 5 nitrogen and oxygen atoms in total. The van der Waals surface area contributed by atoms with Crippen molar-refractivity contribution in [1.29, 1.82) is 0 Å². The lowest BCUT2D eigenvalue weighted by atomic mass is 9.92.